The van der Waals surface area contributed by atoms with Crippen molar-refractivity contribution >= 4 is 33.5 Å². The van der Waals surface area contributed by atoms with Gasteiger partial charge in [0.1, 0.15) is 16.2 Å². The molecule has 0 spiro atoms. The summed E-state index contributed by atoms with van der Waals surface area (Å²) in [5, 5.41) is 12.0. The topological polar surface area (TPSA) is 58.0 Å². The van der Waals surface area contributed by atoms with Gasteiger partial charge in [-0.25, -0.2) is 9.97 Å². The Kier molecular flexibility index (Phi) is 7.62. The Labute approximate surface area is 121 Å². The maximum Gasteiger partial charge on any atom is 0.134 e. The summed E-state index contributed by atoms with van der Waals surface area (Å²) >= 11 is 5.23. The van der Waals surface area contributed by atoms with Crippen molar-refractivity contribution in [1.82, 2.24) is 9.97 Å². The number of aliphatic hydroxyl groups excluding tert-OH is 1. The van der Waals surface area contributed by atoms with Crippen LogP contribution >= 0.6 is 27.7 Å². The lowest BCUT2D eigenvalue weighted by Gasteiger charge is -2.09. The van der Waals surface area contributed by atoms with Gasteiger partial charge in [-0.05, 0) is 28.1 Å². The van der Waals surface area contributed by atoms with Crippen molar-refractivity contribution in [2.24, 2.45) is 0 Å². The van der Waals surface area contributed by atoms with Crippen LogP contribution in [0.2, 0.25) is 0 Å². The minimum absolute atomic E-state index is 0.275. The molecule has 0 aromatic carbocycles. The molecular weight excluding hydrogens is 314 g/mol. The molecule has 4 nitrogen and oxygen atoms in total. The maximum absolute atomic E-state index is 8.66. The Morgan fingerprint density at radius 2 is 2.17 bits per heavy atom. The molecule has 0 saturated heterocycles. The van der Waals surface area contributed by atoms with Crippen LogP contribution in [-0.4, -0.2) is 39.7 Å². The fourth-order valence-corrected chi connectivity index (χ4v) is 2.49. The van der Waals surface area contributed by atoms with Crippen molar-refractivity contribution in [3.05, 3.63) is 16.5 Å². The van der Waals surface area contributed by atoms with E-state index in [4.69, 9.17) is 5.11 Å². The number of nitrogens with zero attached hydrogens (tertiary/aromatic N) is 2. The standard InChI is InChI=1S/C12H20BrN3OS/c1-9(2)12-15-10(13)8-11(16-12)14-4-7-18-6-3-5-17/h8-9,17H,3-7H2,1-2H3,(H,14,15,16). The molecule has 1 aromatic heterocycles. The Balaban J connectivity index is 2.37. The van der Waals surface area contributed by atoms with Gasteiger partial charge in [-0.3, -0.25) is 0 Å². The summed E-state index contributed by atoms with van der Waals surface area (Å²) in [4.78, 5) is 8.80. The SMILES string of the molecule is CC(C)c1nc(Br)cc(NCCSCCCO)n1. The van der Waals surface area contributed by atoms with E-state index in [1.165, 1.54) is 0 Å². The lowest BCUT2D eigenvalue weighted by Crippen LogP contribution is -2.09. The van der Waals surface area contributed by atoms with Crippen LogP contribution in [0.3, 0.4) is 0 Å². The minimum atomic E-state index is 0.275. The molecule has 0 fully saturated rings. The first-order valence-corrected chi connectivity index (χ1v) is 8.05. The second-order valence-electron chi connectivity index (χ2n) is 4.21. The van der Waals surface area contributed by atoms with Crippen molar-refractivity contribution in [2.45, 2.75) is 26.2 Å². The highest BCUT2D eigenvalue weighted by molar-refractivity contribution is 9.10. The molecule has 0 aliphatic heterocycles. The third kappa shape index (κ3) is 6.02. The van der Waals surface area contributed by atoms with Crippen molar-refractivity contribution in [3.63, 3.8) is 0 Å². The van der Waals surface area contributed by atoms with Crippen LogP contribution in [0, 0.1) is 0 Å². The molecule has 0 saturated carbocycles. The first-order chi connectivity index (χ1) is 8.63. The van der Waals surface area contributed by atoms with E-state index in [0.717, 1.165) is 40.7 Å². The van der Waals surface area contributed by atoms with Gasteiger partial charge in [0.2, 0.25) is 0 Å². The molecule has 0 aliphatic carbocycles. The Hall–Kier alpha value is -0.330. The molecule has 102 valence electrons. The molecule has 0 aliphatic rings. The van der Waals surface area contributed by atoms with Gasteiger partial charge in [0, 0.05) is 30.9 Å². The average Bonchev–Trinajstić information content (AvgIpc) is 2.33. The van der Waals surface area contributed by atoms with Crippen molar-refractivity contribution < 1.29 is 5.11 Å². The smallest absolute Gasteiger partial charge is 0.134 e. The Morgan fingerprint density at radius 1 is 1.39 bits per heavy atom. The van der Waals surface area contributed by atoms with E-state index in [-0.39, 0.29) is 6.61 Å². The molecule has 0 bridgehead atoms. The van der Waals surface area contributed by atoms with Gasteiger partial charge >= 0.3 is 0 Å². The molecule has 18 heavy (non-hydrogen) atoms. The number of aliphatic hydroxyl groups is 1. The number of nitrogens with one attached hydrogen (secondary N) is 1. The van der Waals surface area contributed by atoms with E-state index in [1.807, 2.05) is 17.8 Å². The molecule has 0 amide bonds. The second kappa shape index (κ2) is 8.72. The van der Waals surface area contributed by atoms with Gasteiger partial charge in [-0.2, -0.15) is 11.8 Å². The monoisotopic (exact) mass is 333 g/mol. The number of anilines is 1. The van der Waals surface area contributed by atoms with Crippen molar-refractivity contribution in [1.29, 1.82) is 0 Å². The number of aromatic nitrogens is 2. The van der Waals surface area contributed by atoms with E-state index in [9.17, 15) is 0 Å². The highest BCUT2D eigenvalue weighted by atomic mass is 79.9. The summed E-state index contributed by atoms with van der Waals surface area (Å²) in [5.74, 6) is 4.05. The molecule has 1 heterocycles. The summed E-state index contributed by atoms with van der Waals surface area (Å²) < 4.78 is 0.816. The van der Waals surface area contributed by atoms with Crippen LogP contribution in [0.4, 0.5) is 5.82 Å². The number of rotatable bonds is 8. The first kappa shape index (κ1) is 15.7. The van der Waals surface area contributed by atoms with Crippen molar-refractivity contribution in [3.8, 4) is 0 Å². The molecule has 1 rings (SSSR count). The molecule has 2 N–H and O–H groups in total. The fourth-order valence-electron chi connectivity index (χ4n) is 1.30. The van der Waals surface area contributed by atoms with E-state index in [0.29, 0.717) is 5.92 Å². The normalized spacial score (nSPS) is 10.9. The fraction of sp³-hybridized carbons (Fsp3) is 0.667. The van der Waals surface area contributed by atoms with Crippen LogP contribution in [0.1, 0.15) is 32.0 Å². The van der Waals surface area contributed by atoms with Gasteiger partial charge in [0.25, 0.3) is 0 Å². The third-order valence-corrected chi connectivity index (χ3v) is 3.70. The van der Waals surface area contributed by atoms with Gasteiger partial charge in [0.15, 0.2) is 0 Å². The van der Waals surface area contributed by atoms with Crippen LogP contribution < -0.4 is 5.32 Å². The third-order valence-electron chi connectivity index (χ3n) is 2.23. The summed E-state index contributed by atoms with van der Waals surface area (Å²) in [6.45, 7) is 5.31. The number of hydrogen-bond acceptors (Lipinski definition) is 5. The van der Waals surface area contributed by atoms with Gasteiger partial charge in [0.05, 0.1) is 0 Å². The summed E-state index contributed by atoms with van der Waals surface area (Å²) in [6.07, 6.45) is 0.862. The quantitative estimate of drug-likeness (QED) is 0.565. The van der Waals surface area contributed by atoms with E-state index in [1.54, 1.807) is 0 Å². The molecule has 0 atom stereocenters. The largest absolute Gasteiger partial charge is 0.396 e. The van der Waals surface area contributed by atoms with Crippen molar-refractivity contribution in [2.75, 3.05) is 30.0 Å². The number of hydrogen-bond donors (Lipinski definition) is 2. The first-order valence-electron chi connectivity index (χ1n) is 6.10. The summed E-state index contributed by atoms with van der Waals surface area (Å²) in [5.41, 5.74) is 0. The molecule has 6 heteroatoms. The van der Waals surface area contributed by atoms with Crippen LogP contribution in [0.25, 0.3) is 0 Å². The van der Waals surface area contributed by atoms with Gasteiger partial charge in [-0.1, -0.05) is 13.8 Å². The zero-order valence-electron chi connectivity index (χ0n) is 10.8. The summed E-state index contributed by atoms with van der Waals surface area (Å²) in [7, 11) is 0. The highest BCUT2D eigenvalue weighted by Crippen LogP contribution is 2.17. The van der Waals surface area contributed by atoms with E-state index >= 15 is 0 Å². The van der Waals surface area contributed by atoms with Gasteiger partial charge < -0.3 is 10.4 Å². The number of halogens is 1. The maximum atomic E-state index is 8.66. The van der Waals surface area contributed by atoms with E-state index in [2.05, 4.69) is 45.1 Å². The van der Waals surface area contributed by atoms with Crippen LogP contribution in [-0.2, 0) is 0 Å². The Bertz CT molecular complexity index is 363. The lowest BCUT2D eigenvalue weighted by molar-refractivity contribution is 0.296. The zero-order valence-corrected chi connectivity index (χ0v) is 13.2. The molecule has 0 radical (unpaired) electrons. The minimum Gasteiger partial charge on any atom is -0.396 e. The second-order valence-corrected chi connectivity index (χ2v) is 6.24. The summed E-state index contributed by atoms with van der Waals surface area (Å²) in [6, 6.07) is 1.89. The van der Waals surface area contributed by atoms with Crippen LogP contribution in [0.5, 0.6) is 0 Å². The average molecular weight is 334 g/mol. The zero-order chi connectivity index (χ0) is 13.4. The lowest BCUT2D eigenvalue weighted by atomic mass is 10.2. The number of thioether (sulfide) groups is 1. The molecule has 0 unspecified atom stereocenters. The predicted octanol–water partition coefficient (Wildman–Crippen LogP) is 2.89. The Morgan fingerprint density at radius 3 is 2.83 bits per heavy atom. The highest BCUT2D eigenvalue weighted by Gasteiger charge is 2.06. The van der Waals surface area contributed by atoms with Gasteiger partial charge in [-0.15, -0.1) is 0 Å². The predicted molar refractivity (Wildman–Crippen MR) is 81.3 cm³/mol. The molecular formula is C12H20BrN3OS. The molecule has 1 aromatic rings. The van der Waals surface area contributed by atoms with E-state index < -0.39 is 0 Å². The van der Waals surface area contributed by atoms with Crippen LogP contribution in [0.15, 0.2) is 10.7 Å².